The second-order valence-electron chi connectivity index (χ2n) is 8.24. The summed E-state index contributed by atoms with van der Waals surface area (Å²) in [5, 5.41) is 2.94. The summed E-state index contributed by atoms with van der Waals surface area (Å²) >= 11 is 0. The van der Waals surface area contributed by atoms with Gasteiger partial charge in [0.05, 0.1) is 5.69 Å². The van der Waals surface area contributed by atoms with E-state index in [0.717, 1.165) is 44.9 Å². The quantitative estimate of drug-likeness (QED) is 0.478. The number of nitrogens with one attached hydrogen (secondary N) is 1. The number of hydrogen-bond acceptors (Lipinski definition) is 5. The lowest BCUT2D eigenvalue weighted by Gasteiger charge is -2.38. The van der Waals surface area contributed by atoms with Crippen LogP contribution in [-0.4, -0.2) is 55.9 Å². The number of nitrogens with zero attached hydrogens (tertiary/aromatic N) is 2. The van der Waals surface area contributed by atoms with Crippen molar-refractivity contribution in [3.63, 3.8) is 0 Å². The van der Waals surface area contributed by atoms with E-state index in [0.29, 0.717) is 17.8 Å². The van der Waals surface area contributed by atoms with E-state index in [1.807, 2.05) is 0 Å². The van der Waals surface area contributed by atoms with Gasteiger partial charge in [0.2, 0.25) is 5.91 Å². The van der Waals surface area contributed by atoms with Gasteiger partial charge in [0.25, 0.3) is 0 Å². The van der Waals surface area contributed by atoms with Crippen molar-refractivity contribution in [1.82, 2.24) is 4.90 Å². The highest BCUT2D eigenvalue weighted by molar-refractivity contribution is 5.83. The highest BCUT2D eigenvalue weighted by Crippen LogP contribution is 2.25. The Kier molecular flexibility index (Phi) is 10.1. The molecule has 1 aliphatic rings. The van der Waals surface area contributed by atoms with Crippen molar-refractivity contribution >= 4 is 23.6 Å². The molecule has 1 heterocycles. The van der Waals surface area contributed by atoms with Gasteiger partial charge in [-0.1, -0.05) is 26.7 Å². The Balaban J connectivity index is 1.93. The lowest BCUT2D eigenvalue weighted by Crippen LogP contribution is -2.48. The number of amides is 1. The molecular formula is C23H37FN4O2. The number of nitrogens with two attached hydrogens (primary N) is 1. The van der Waals surface area contributed by atoms with E-state index in [-0.39, 0.29) is 12.2 Å². The van der Waals surface area contributed by atoms with Crippen molar-refractivity contribution < 1.29 is 14.0 Å². The van der Waals surface area contributed by atoms with Crippen LogP contribution in [0.25, 0.3) is 0 Å². The standard InChI is InChI=1S/C23H37FN4O2/c1-3-6-18(7-4-2)17-27-11-13-28(14-12-27)22-10-9-19(16-20(22)24)26-21(23(25)30)8-5-15-29/h9-10,15-16,18,21,26H,3-8,11-14,17H2,1-2H3,(H2,25,30). The molecule has 0 saturated carbocycles. The molecule has 1 amide bonds. The Labute approximate surface area is 180 Å². The maximum absolute atomic E-state index is 14.8. The normalized spacial score (nSPS) is 15.9. The molecule has 1 unspecified atom stereocenters. The van der Waals surface area contributed by atoms with Gasteiger partial charge in [-0.3, -0.25) is 9.69 Å². The third-order valence-electron chi connectivity index (χ3n) is 5.83. The number of rotatable bonds is 13. The first kappa shape index (κ1) is 24.1. The van der Waals surface area contributed by atoms with E-state index in [9.17, 15) is 14.0 Å². The maximum atomic E-state index is 14.8. The Bertz CT molecular complexity index is 671. The monoisotopic (exact) mass is 420 g/mol. The number of carbonyl (C=O) groups excluding carboxylic acids is 2. The Morgan fingerprint density at radius 2 is 1.83 bits per heavy atom. The third-order valence-corrected chi connectivity index (χ3v) is 5.83. The number of carbonyl (C=O) groups is 2. The molecule has 1 aromatic rings. The van der Waals surface area contributed by atoms with Crippen LogP contribution in [-0.2, 0) is 9.59 Å². The molecule has 0 spiro atoms. The Hall–Kier alpha value is -2.15. The smallest absolute Gasteiger partial charge is 0.239 e. The number of hydrogen-bond donors (Lipinski definition) is 2. The summed E-state index contributed by atoms with van der Waals surface area (Å²) in [5.41, 5.74) is 6.45. The van der Waals surface area contributed by atoms with Crippen LogP contribution in [0.4, 0.5) is 15.8 Å². The number of aldehydes is 1. The van der Waals surface area contributed by atoms with E-state index in [1.54, 1.807) is 12.1 Å². The van der Waals surface area contributed by atoms with Crippen molar-refractivity contribution in [3.8, 4) is 0 Å². The molecule has 0 radical (unpaired) electrons. The number of primary amides is 1. The zero-order chi connectivity index (χ0) is 21.9. The molecule has 0 bridgehead atoms. The molecule has 6 nitrogen and oxygen atoms in total. The van der Waals surface area contributed by atoms with Crippen LogP contribution >= 0.6 is 0 Å². The van der Waals surface area contributed by atoms with E-state index >= 15 is 0 Å². The topological polar surface area (TPSA) is 78.7 Å². The average Bonchev–Trinajstić information content (AvgIpc) is 2.72. The van der Waals surface area contributed by atoms with E-state index in [2.05, 4.69) is 29.0 Å². The summed E-state index contributed by atoms with van der Waals surface area (Å²) in [4.78, 5) is 26.7. The van der Waals surface area contributed by atoms with Gasteiger partial charge in [-0.05, 0) is 43.4 Å². The van der Waals surface area contributed by atoms with Crippen molar-refractivity contribution in [2.75, 3.05) is 42.9 Å². The minimum Gasteiger partial charge on any atom is -0.374 e. The van der Waals surface area contributed by atoms with Gasteiger partial charge in [0.1, 0.15) is 18.1 Å². The predicted molar refractivity (Wildman–Crippen MR) is 120 cm³/mol. The minimum atomic E-state index is -0.691. The van der Waals surface area contributed by atoms with Crippen LogP contribution in [0.1, 0.15) is 52.4 Å². The molecule has 1 aliphatic heterocycles. The second kappa shape index (κ2) is 12.5. The fourth-order valence-corrected chi connectivity index (χ4v) is 4.25. The summed E-state index contributed by atoms with van der Waals surface area (Å²) in [6.07, 6.45) is 6.26. The summed E-state index contributed by atoms with van der Waals surface area (Å²) in [5.74, 6) is -0.116. The zero-order valence-corrected chi connectivity index (χ0v) is 18.4. The third kappa shape index (κ3) is 7.27. The first-order valence-electron chi connectivity index (χ1n) is 11.2. The van der Waals surface area contributed by atoms with Crippen LogP contribution in [0.2, 0.25) is 0 Å². The lowest BCUT2D eigenvalue weighted by atomic mass is 9.97. The molecule has 1 atom stereocenters. The molecule has 30 heavy (non-hydrogen) atoms. The molecule has 0 aromatic heterocycles. The van der Waals surface area contributed by atoms with Crippen molar-refractivity contribution in [2.24, 2.45) is 11.7 Å². The number of halogens is 1. The molecular weight excluding hydrogens is 383 g/mol. The van der Waals surface area contributed by atoms with Gasteiger partial charge in [-0.25, -0.2) is 4.39 Å². The molecule has 3 N–H and O–H groups in total. The van der Waals surface area contributed by atoms with Crippen molar-refractivity contribution in [1.29, 1.82) is 0 Å². The molecule has 1 saturated heterocycles. The number of benzene rings is 1. The van der Waals surface area contributed by atoms with E-state index in [4.69, 9.17) is 5.73 Å². The summed E-state index contributed by atoms with van der Waals surface area (Å²) < 4.78 is 14.8. The fraction of sp³-hybridized carbons (Fsp3) is 0.652. The van der Waals surface area contributed by atoms with Gasteiger partial charge in [0, 0.05) is 44.8 Å². The van der Waals surface area contributed by atoms with E-state index in [1.165, 1.54) is 31.7 Å². The van der Waals surface area contributed by atoms with Crippen LogP contribution < -0.4 is 16.0 Å². The second-order valence-corrected chi connectivity index (χ2v) is 8.24. The highest BCUT2D eigenvalue weighted by Gasteiger charge is 2.22. The Morgan fingerprint density at radius 3 is 2.37 bits per heavy atom. The fourth-order valence-electron chi connectivity index (χ4n) is 4.25. The molecule has 7 heteroatoms. The average molecular weight is 421 g/mol. The summed E-state index contributed by atoms with van der Waals surface area (Å²) in [7, 11) is 0. The maximum Gasteiger partial charge on any atom is 0.239 e. The molecule has 2 rings (SSSR count). The SMILES string of the molecule is CCCC(CCC)CN1CCN(c2ccc(NC(CCC=O)C(N)=O)cc2F)CC1. The predicted octanol–water partition coefficient (Wildman–Crippen LogP) is 3.41. The van der Waals surface area contributed by atoms with Crippen LogP contribution in [0.3, 0.4) is 0 Å². The molecule has 168 valence electrons. The first-order chi connectivity index (χ1) is 14.5. The molecule has 0 aliphatic carbocycles. The zero-order valence-electron chi connectivity index (χ0n) is 18.4. The highest BCUT2D eigenvalue weighted by atomic mass is 19.1. The summed E-state index contributed by atoms with van der Waals surface area (Å²) in [6.45, 7) is 9.12. The largest absolute Gasteiger partial charge is 0.374 e. The lowest BCUT2D eigenvalue weighted by molar-refractivity contribution is -0.118. The van der Waals surface area contributed by atoms with Crippen molar-refractivity contribution in [3.05, 3.63) is 24.0 Å². The van der Waals surface area contributed by atoms with Crippen LogP contribution in [0.5, 0.6) is 0 Å². The molecule has 1 fully saturated rings. The van der Waals surface area contributed by atoms with Gasteiger partial charge < -0.3 is 20.7 Å². The minimum absolute atomic E-state index is 0.225. The number of anilines is 2. The summed E-state index contributed by atoms with van der Waals surface area (Å²) in [6, 6.07) is 4.22. The van der Waals surface area contributed by atoms with E-state index < -0.39 is 11.9 Å². The van der Waals surface area contributed by atoms with Gasteiger partial charge in [-0.15, -0.1) is 0 Å². The number of piperazine rings is 1. The van der Waals surface area contributed by atoms with Crippen molar-refractivity contribution in [2.45, 2.75) is 58.4 Å². The van der Waals surface area contributed by atoms with Crippen LogP contribution in [0.15, 0.2) is 18.2 Å². The Morgan fingerprint density at radius 1 is 1.17 bits per heavy atom. The molecule has 1 aromatic carbocycles. The van der Waals surface area contributed by atoms with Gasteiger partial charge in [0.15, 0.2) is 0 Å². The van der Waals surface area contributed by atoms with Gasteiger partial charge in [-0.2, -0.15) is 0 Å². The van der Waals surface area contributed by atoms with Crippen LogP contribution in [0, 0.1) is 11.7 Å². The first-order valence-corrected chi connectivity index (χ1v) is 11.2. The van der Waals surface area contributed by atoms with Gasteiger partial charge >= 0.3 is 0 Å².